The van der Waals surface area contributed by atoms with Gasteiger partial charge in [-0.05, 0) is 64.0 Å². The van der Waals surface area contributed by atoms with Gasteiger partial charge in [0.25, 0.3) is 0 Å². The Morgan fingerprint density at radius 3 is 2.35 bits per heavy atom. The molecule has 0 unspecified atom stereocenters. The van der Waals surface area contributed by atoms with Crippen molar-refractivity contribution >= 4 is 17.4 Å². The Morgan fingerprint density at radius 2 is 1.85 bits per heavy atom. The first-order chi connectivity index (χ1) is 9.35. The molecule has 0 spiro atoms. The minimum atomic E-state index is -0.174. The second-order valence-electron chi connectivity index (χ2n) is 6.41. The van der Waals surface area contributed by atoms with Gasteiger partial charge in [0.1, 0.15) is 0 Å². The molecule has 0 radical (unpaired) electrons. The van der Waals surface area contributed by atoms with E-state index in [2.05, 4.69) is 4.90 Å². The lowest BCUT2D eigenvalue weighted by molar-refractivity contribution is 0.0825. The van der Waals surface area contributed by atoms with E-state index in [-0.39, 0.29) is 17.2 Å². The fraction of sp³-hybridized carbons (Fsp3) is 0.562. The maximum Gasteiger partial charge on any atom is 0.166 e. The molecule has 2 rings (SSSR count). The molecule has 4 heteroatoms. The molecule has 110 valence electrons. The Labute approximate surface area is 126 Å². The molecule has 1 heterocycles. The van der Waals surface area contributed by atoms with Crippen LogP contribution in [-0.2, 0) is 0 Å². The summed E-state index contributed by atoms with van der Waals surface area (Å²) in [6, 6.07) is 7.20. The first-order valence-electron chi connectivity index (χ1n) is 7.16. The molecular formula is C16H23ClN2O. The molecule has 1 aliphatic rings. The first-order valence-corrected chi connectivity index (χ1v) is 7.54. The zero-order chi connectivity index (χ0) is 14.8. The van der Waals surface area contributed by atoms with Crippen LogP contribution >= 0.6 is 11.6 Å². The van der Waals surface area contributed by atoms with Crippen LogP contribution in [0.1, 0.15) is 37.0 Å². The van der Waals surface area contributed by atoms with Crippen LogP contribution in [0.15, 0.2) is 24.3 Å². The number of ketones is 1. The molecule has 1 fully saturated rings. The molecule has 1 saturated heterocycles. The summed E-state index contributed by atoms with van der Waals surface area (Å²) in [5, 5.41) is 0.668. The summed E-state index contributed by atoms with van der Waals surface area (Å²) in [5.74, 6) is 0.377. The van der Waals surface area contributed by atoms with Crippen molar-refractivity contribution in [1.82, 2.24) is 4.90 Å². The van der Waals surface area contributed by atoms with Gasteiger partial charge in [-0.25, -0.2) is 0 Å². The van der Waals surface area contributed by atoms with Crippen molar-refractivity contribution in [2.24, 2.45) is 11.7 Å². The maximum absolute atomic E-state index is 12.4. The lowest BCUT2D eigenvalue weighted by Gasteiger charge is -2.35. The molecule has 0 atom stereocenters. The molecule has 1 aromatic rings. The zero-order valence-electron chi connectivity index (χ0n) is 12.2. The number of nitrogens with zero attached hydrogens (tertiary/aromatic N) is 1. The Balaban J connectivity index is 1.90. The second kappa shape index (κ2) is 6.25. The van der Waals surface area contributed by atoms with E-state index in [0.717, 1.165) is 38.0 Å². The Kier molecular flexibility index (Phi) is 4.84. The second-order valence-corrected chi connectivity index (χ2v) is 6.85. The highest BCUT2D eigenvalue weighted by molar-refractivity contribution is 6.30. The van der Waals surface area contributed by atoms with Gasteiger partial charge in [0.2, 0.25) is 0 Å². The third-order valence-electron chi connectivity index (χ3n) is 3.72. The number of carbonyl (C=O) groups excluding carboxylic acids is 1. The average molecular weight is 295 g/mol. The van der Waals surface area contributed by atoms with Crippen molar-refractivity contribution in [3.63, 3.8) is 0 Å². The van der Waals surface area contributed by atoms with E-state index in [1.807, 2.05) is 26.0 Å². The third-order valence-corrected chi connectivity index (χ3v) is 3.97. The third kappa shape index (κ3) is 4.30. The molecule has 0 aliphatic carbocycles. The number of rotatable bonds is 4. The molecule has 0 aromatic heterocycles. The minimum absolute atomic E-state index is 0.133. The lowest BCUT2D eigenvalue weighted by atomic mass is 9.88. The highest BCUT2D eigenvalue weighted by Gasteiger charge is 2.27. The molecule has 0 saturated carbocycles. The summed E-state index contributed by atoms with van der Waals surface area (Å²) in [6.45, 7) is 6.86. The summed E-state index contributed by atoms with van der Waals surface area (Å²) in [4.78, 5) is 14.8. The normalized spacial score (nSPS) is 18.2. The molecule has 0 amide bonds. The van der Waals surface area contributed by atoms with Crippen molar-refractivity contribution in [2.75, 3.05) is 19.6 Å². The topological polar surface area (TPSA) is 46.3 Å². The van der Waals surface area contributed by atoms with Crippen molar-refractivity contribution in [3.8, 4) is 0 Å². The van der Waals surface area contributed by atoms with Crippen molar-refractivity contribution in [2.45, 2.75) is 32.2 Å². The molecule has 0 bridgehead atoms. The lowest BCUT2D eigenvalue weighted by Crippen LogP contribution is -2.48. The predicted molar refractivity (Wildman–Crippen MR) is 83.2 cm³/mol. The highest BCUT2D eigenvalue weighted by atomic mass is 35.5. The average Bonchev–Trinajstić information content (AvgIpc) is 2.38. The molecule has 1 aromatic carbocycles. The highest BCUT2D eigenvalue weighted by Crippen LogP contribution is 2.23. The molecule has 3 nitrogen and oxygen atoms in total. The van der Waals surface area contributed by atoms with Crippen LogP contribution in [0.4, 0.5) is 0 Å². The number of carbonyl (C=O) groups is 1. The van der Waals surface area contributed by atoms with Crippen LogP contribution in [0.2, 0.25) is 5.02 Å². The molecule has 1 aliphatic heterocycles. The van der Waals surface area contributed by atoms with E-state index >= 15 is 0 Å². The van der Waals surface area contributed by atoms with E-state index in [1.165, 1.54) is 0 Å². The fourth-order valence-electron chi connectivity index (χ4n) is 2.78. The zero-order valence-corrected chi connectivity index (χ0v) is 13.0. The van der Waals surface area contributed by atoms with Gasteiger partial charge in [0, 0.05) is 28.6 Å². The number of benzene rings is 1. The van der Waals surface area contributed by atoms with Gasteiger partial charge < -0.3 is 10.6 Å². The number of halogens is 1. The van der Waals surface area contributed by atoms with Crippen LogP contribution in [-0.4, -0.2) is 35.9 Å². The van der Waals surface area contributed by atoms with Crippen LogP contribution in [0, 0.1) is 5.92 Å². The Bertz CT molecular complexity index is 456. The van der Waals surface area contributed by atoms with Gasteiger partial charge in [-0.2, -0.15) is 0 Å². The van der Waals surface area contributed by atoms with Gasteiger partial charge in [-0.3, -0.25) is 4.79 Å². The molecule has 20 heavy (non-hydrogen) atoms. The van der Waals surface area contributed by atoms with Gasteiger partial charge in [-0.15, -0.1) is 0 Å². The van der Waals surface area contributed by atoms with E-state index < -0.39 is 0 Å². The maximum atomic E-state index is 12.4. The Hall–Kier alpha value is -0.900. The standard InChI is InChI=1S/C16H23ClN2O/c1-16(2,18)11-19-9-7-13(8-10-19)15(20)12-3-5-14(17)6-4-12/h3-6,13H,7-11,18H2,1-2H3. The van der Waals surface area contributed by atoms with E-state index in [1.54, 1.807) is 12.1 Å². The van der Waals surface area contributed by atoms with Crippen LogP contribution < -0.4 is 5.73 Å². The number of piperidine rings is 1. The van der Waals surface area contributed by atoms with Crippen LogP contribution in [0.5, 0.6) is 0 Å². The fourth-order valence-corrected chi connectivity index (χ4v) is 2.91. The smallest absolute Gasteiger partial charge is 0.166 e. The largest absolute Gasteiger partial charge is 0.324 e. The Morgan fingerprint density at radius 1 is 1.30 bits per heavy atom. The number of likely N-dealkylation sites (tertiary alicyclic amines) is 1. The number of hydrogen-bond acceptors (Lipinski definition) is 3. The van der Waals surface area contributed by atoms with Crippen molar-refractivity contribution < 1.29 is 4.79 Å². The van der Waals surface area contributed by atoms with Gasteiger partial charge in [-0.1, -0.05) is 11.6 Å². The summed E-state index contributed by atoms with van der Waals surface area (Å²) >= 11 is 5.85. The first kappa shape index (κ1) is 15.5. The number of hydrogen-bond donors (Lipinski definition) is 1. The minimum Gasteiger partial charge on any atom is -0.324 e. The van der Waals surface area contributed by atoms with E-state index in [4.69, 9.17) is 17.3 Å². The number of Topliss-reactive ketones (excluding diaryl/α,β-unsaturated/α-hetero) is 1. The summed E-state index contributed by atoms with van der Waals surface area (Å²) < 4.78 is 0. The van der Waals surface area contributed by atoms with Gasteiger partial charge >= 0.3 is 0 Å². The van der Waals surface area contributed by atoms with Crippen LogP contribution in [0.3, 0.4) is 0 Å². The van der Waals surface area contributed by atoms with E-state index in [0.29, 0.717) is 5.02 Å². The van der Waals surface area contributed by atoms with Crippen LogP contribution in [0.25, 0.3) is 0 Å². The van der Waals surface area contributed by atoms with E-state index in [9.17, 15) is 4.79 Å². The SMILES string of the molecule is CC(C)(N)CN1CCC(C(=O)c2ccc(Cl)cc2)CC1. The predicted octanol–water partition coefficient (Wildman–Crippen LogP) is 2.97. The summed E-state index contributed by atoms with van der Waals surface area (Å²) in [6.07, 6.45) is 1.83. The summed E-state index contributed by atoms with van der Waals surface area (Å²) in [5.41, 5.74) is 6.64. The van der Waals surface area contributed by atoms with Crippen molar-refractivity contribution in [3.05, 3.63) is 34.9 Å². The van der Waals surface area contributed by atoms with Gasteiger partial charge in [0.05, 0.1) is 0 Å². The number of nitrogens with two attached hydrogens (primary N) is 1. The van der Waals surface area contributed by atoms with Crippen molar-refractivity contribution in [1.29, 1.82) is 0 Å². The monoisotopic (exact) mass is 294 g/mol. The molecular weight excluding hydrogens is 272 g/mol. The van der Waals surface area contributed by atoms with Gasteiger partial charge in [0.15, 0.2) is 5.78 Å². The summed E-state index contributed by atoms with van der Waals surface area (Å²) in [7, 11) is 0. The quantitative estimate of drug-likeness (QED) is 0.869. The molecule has 2 N–H and O–H groups in total.